The number of fused-ring (bicyclic) bond motifs is 1. The molecule has 4 rings (SSSR count). The Hall–Kier alpha value is -2.43. The van der Waals surface area contributed by atoms with Crippen LogP contribution in [-0.2, 0) is 11.5 Å². The van der Waals surface area contributed by atoms with Crippen LogP contribution in [0.25, 0.3) is 22.2 Å². The van der Waals surface area contributed by atoms with Gasteiger partial charge in [0.2, 0.25) is 0 Å². The zero-order valence-electron chi connectivity index (χ0n) is 21.0. The highest BCUT2D eigenvalue weighted by Crippen LogP contribution is 2.38. The fourth-order valence-corrected chi connectivity index (χ4v) is 6.38. The smallest absolute Gasteiger partial charge is 0.407 e. The Bertz CT molecular complexity index is 1200. The van der Waals surface area contributed by atoms with Crippen LogP contribution >= 0.6 is 11.8 Å². The number of ether oxygens (including phenoxy) is 1. The summed E-state index contributed by atoms with van der Waals surface area (Å²) in [4.78, 5) is 18.3. The molecule has 3 aromatic rings. The first-order chi connectivity index (χ1) is 17.1. The second kappa shape index (κ2) is 11.3. The molecule has 0 saturated carbocycles. The molecule has 1 saturated heterocycles. The first-order valence-electron chi connectivity index (χ1n) is 12.2. The van der Waals surface area contributed by atoms with Crippen LogP contribution in [0.3, 0.4) is 0 Å². The van der Waals surface area contributed by atoms with Crippen LogP contribution in [0.1, 0.15) is 12.8 Å². The molecule has 194 valence electrons. The Labute approximate surface area is 215 Å². The summed E-state index contributed by atoms with van der Waals surface area (Å²) in [6, 6.07) is 6.55. The largest absolute Gasteiger partial charge is 0.465 e. The minimum atomic E-state index is -1.23. The lowest BCUT2D eigenvalue weighted by molar-refractivity contribution is 0.0899. The van der Waals surface area contributed by atoms with Crippen molar-refractivity contribution in [2.24, 2.45) is 5.92 Å². The molecule has 0 aliphatic carbocycles. The quantitative estimate of drug-likeness (QED) is 0.187. The zero-order chi connectivity index (χ0) is 25.9. The van der Waals surface area contributed by atoms with Gasteiger partial charge in [0.1, 0.15) is 24.0 Å². The average Bonchev–Trinajstić information content (AvgIpc) is 3.19. The molecule has 3 heterocycles. The van der Waals surface area contributed by atoms with Gasteiger partial charge in [-0.15, -0.1) is 11.8 Å². The third kappa shape index (κ3) is 6.66. The van der Waals surface area contributed by atoms with Gasteiger partial charge in [0.25, 0.3) is 0 Å². The predicted octanol–water partition coefficient (Wildman–Crippen LogP) is 6.78. The minimum Gasteiger partial charge on any atom is -0.465 e. The fraction of sp³-hybridized carbons (Fsp3) is 0.462. The molecule has 2 aromatic heterocycles. The lowest BCUT2D eigenvalue weighted by Gasteiger charge is -2.29. The molecule has 6 nitrogen and oxygen atoms in total. The molecular formula is C26H33F2N3O3SSi. The number of carbonyl (C=O) groups is 1. The Kier molecular flexibility index (Phi) is 8.36. The molecule has 1 aromatic carbocycles. The number of nitrogens with zero attached hydrogens (tertiary/aromatic N) is 3. The van der Waals surface area contributed by atoms with Crippen LogP contribution in [0, 0.1) is 17.6 Å². The van der Waals surface area contributed by atoms with E-state index in [-0.39, 0.29) is 0 Å². The zero-order valence-corrected chi connectivity index (χ0v) is 22.8. The summed E-state index contributed by atoms with van der Waals surface area (Å²) in [5, 5.41) is 10.0. The number of rotatable bonds is 9. The molecule has 0 bridgehead atoms. The predicted molar refractivity (Wildman–Crippen MR) is 142 cm³/mol. The van der Waals surface area contributed by atoms with Gasteiger partial charge < -0.3 is 19.3 Å². The fourth-order valence-electron chi connectivity index (χ4n) is 4.37. The van der Waals surface area contributed by atoms with E-state index in [4.69, 9.17) is 4.74 Å². The van der Waals surface area contributed by atoms with Crippen molar-refractivity contribution in [1.82, 2.24) is 14.5 Å². The summed E-state index contributed by atoms with van der Waals surface area (Å²) < 4.78 is 36.1. The molecule has 0 spiro atoms. The molecule has 36 heavy (non-hydrogen) atoms. The Balaban J connectivity index is 1.61. The van der Waals surface area contributed by atoms with Crippen molar-refractivity contribution in [2.45, 2.75) is 50.2 Å². The van der Waals surface area contributed by atoms with Crippen LogP contribution in [0.2, 0.25) is 25.7 Å². The van der Waals surface area contributed by atoms with Gasteiger partial charge in [-0.1, -0.05) is 19.6 Å². The number of piperidine rings is 1. The Morgan fingerprint density at radius 1 is 1.19 bits per heavy atom. The van der Waals surface area contributed by atoms with Crippen molar-refractivity contribution in [1.29, 1.82) is 0 Å². The number of pyridine rings is 1. The number of hydrogen-bond acceptors (Lipinski definition) is 4. The maximum atomic E-state index is 14.1. The van der Waals surface area contributed by atoms with Crippen LogP contribution < -0.4 is 0 Å². The van der Waals surface area contributed by atoms with Gasteiger partial charge in [-0.05, 0) is 48.6 Å². The van der Waals surface area contributed by atoms with E-state index < -0.39 is 25.8 Å². The first-order valence-corrected chi connectivity index (χ1v) is 16.9. The molecule has 1 N–H and O–H groups in total. The molecule has 1 aliphatic heterocycles. The number of aromatic nitrogens is 2. The van der Waals surface area contributed by atoms with Crippen molar-refractivity contribution < 1.29 is 23.4 Å². The summed E-state index contributed by atoms with van der Waals surface area (Å²) in [7, 11) is -1.23. The number of amides is 1. The lowest BCUT2D eigenvalue weighted by atomic mass is 9.99. The van der Waals surface area contributed by atoms with E-state index in [0.717, 1.165) is 41.0 Å². The number of thioether (sulfide) groups is 1. The summed E-state index contributed by atoms with van der Waals surface area (Å²) in [6.45, 7) is 8.96. The number of carboxylic acid groups (broad SMARTS) is 1. The maximum Gasteiger partial charge on any atom is 0.407 e. The molecular weight excluding hydrogens is 500 g/mol. The topological polar surface area (TPSA) is 67.6 Å². The minimum absolute atomic E-state index is 0.313. The van der Waals surface area contributed by atoms with E-state index in [1.165, 1.54) is 17.0 Å². The highest BCUT2D eigenvalue weighted by atomic mass is 32.2. The van der Waals surface area contributed by atoms with Crippen LogP contribution in [0.4, 0.5) is 13.6 Å². The third-order valence-electron chi connectivity index (χ3n) is 6.48. The van der Waals surface area contributed by atoms with Crippen molar-refractivity contribution in [3.63, 3.8) is 0 Å². The lowest BCUT2D eigenvalue weighted by Crippen LogP contribution is -2.37. The van der Waals surface area contributed by atoms with Gasteiger partial charge in [-0.2, -0.15) is 0 Å². The van der Waals surface area contributed by atoms with Crippen LogP contribution in [0.15, 0.2) is 41.6 Å². The van der Waals surface area contributed by atoms with Gasteiger partial charge in [0.05, 0.1) is 0 Å². The van der Waals surface area contributed by atoms with E-state index in [1.807, 2.05) is 16.8 Å². The van der Waals surface area contributed by atoms with Gasteiger partial charge in [0.15, 0.2) is 0 Å². The van der Waals surface area contributed by atoms with Gasteiger partial charge in [-0.25, -0.2) is 18.6 Å². The van der Waals surface area contributed by atoms with Crippen molar-refractivity contribution >= 4 is 37.0 Å². The highest BCUT2D eigenvalue weighted by molar-refractivity contribution is 7.99. The van der Waals surface area contributed by atoms with Crippen LogP contribution in [-0.4, -0.2) is 59.2 Å². The summed E-state index contributed by atoms with van der Waals surface area (Å²) in [5.41, 5.74) is 1.89. The first kappa shape index (κ1) is 26.6. The Morgan fingerprint density at radius 3 is 2.53 bits per heavy atom. The summed E-state index contributed by atoms with van der Waals surface area (Å²) >= 11 is 1.69. The number of benzene rings is 1. The molecule has 0 atom stereocenters. The van der Waals surface area contributed by atoms with E-state index in [0.29, 0.717) is 49.1 Å². The van der Waals surface area contributed by atoms with Gasteiger partial charge >= 0.3 is 6.09 Å². The normalized spacial score (nSPS) is 15.1. The van der Waals surface area contributed by atoms with E-state index in [2.05, 4.69) is 24.6 Å². The monoisotopic (exact) mass is 533 g/mol. The van der Waals surface area contributed by atoms with E-state index >= 15 is 0 Å². The van der Waals surface area contributed by atoms with Gasteiger partial charge in [0, 0.05) is 67.8 Å². The number of likely N-dealkylation sites (tertiary alicyclic amines) is 1. The molecule has 1 aliphatic rings. The highest BCUT2D eigenvalue weighted by Gasteiger charge is 2.23. The van der Waals surface area contributed by atoms with Crippen molar-refractivity contribution in [2.75, 3.05) is 25.4 Å². The van der Waals surface area contributed by atoms with Crippen LogP contribution in [0.5, 0.6) is 0 Å². The van der Waals surface area contributed by atoms with E-state index in [9.17, 15) is 18.7 Å². The summed E-state index contributed by atoms with van der Waals surface area (Å²) in [6.07, 6.45) is 4.41. The second-order valence-electron chi connectivity index (χ2n) is 10.6. The van der Waals surface area contributed by atoms with E-state index in [1.54, 1.807) is 18.0 Å². The standard InChI is InChI=1S/C26H33F2N3O3SSi/c1-36(2,3)11-10-34-17-31-15-22(19-12-20(27)14-21(28)13-19)24-23(4-7-29-25(24)31)35-16-18-5-8-30(9-6-18)26(32)33/h4,7,12-15,18H,5-6,8-11,16-17H2,1-3H3,(H,32,33). The molecule has 10 heteroatoms. The van der Waals surface area contributed by atoms with Crippen molar-refractivity contribution in [3.8, 4) is 11.1 Å². The summed E-state index contributed by atoms with van der Waals surface area (Å²) in [5.74, 6) is -0.0153. The number of halogens is 2. The average molecular weight is 534 g/mol. The Morgan fingerprint density at radius 2 is 1.89 bits per heavy atom. The number of hydrogen-bond donors (Lipinski definition) is 1. The van der Waals surface area contributed by atoms with Gasteiger partial charge in [-0.3, -0.25) is 0 Å². The molecule has 0 unspecified atom stereocenters. The molecule has 1 amide bonds. The SMILES string of the molecule is C[Si](C)(C)CCOCn1cc(-c2cc(F)cc(F)c2)c2c(SCC3CCN(C(=O)O)CC3)ccnc21. The maximum absolute atomic E-state index is 14.1. The third-order valence-corrected chi connectivity index (χ3v) is 9.47. The molecule has 1 fully saturated rings. The van der Waals surface area contributed by atoms with Crippen molar-refractivity contribution in [3.05, 3.63) is 48.3 Å². The molecule has 0 radical (unpaired) electrons. The second-order valence-corrected chi connectivity index (χ2v) is 17.2.